The van der Waals surface area contributed by atoms with Crippen molar-refractivity contribution in [2.75, 3.05) is 59.2 Å². The SMILES string of the molecule is C(CN1CCOCC1)NC1CCOC2(CCOC2)C1. The lowest BCUT2D eigenvalue weighted by Gasteiger charge is -2.38. The lowest BCUT2D eigenvalue weighted by atomic mass is 9.90. The van der Waals surface area contributed by atoms with Gasteiger partial charge in [0.2, 0.25) is 0 Å². The van der Waals surface area contributed by atoms with E-state index in [1.807, 2.05) is 0 Å². The second kappa shape index (κ2) is 6.50. The second-order valence-electron chi connectivity index (χ2n) is 5.93. The van der Waals surface area contributed by atoms with Crippen LogP contribution in [0.25, 0.3) is 0 Å². The highest BCUT2D eigenvalue weighted by atomic mass is 16.6. The van der Waals surface area contributed by atoms with Crippen molar-refractivity contribution in [3.05, 3.63) is 0 Å². The number of nitrogens with one attached hydrogen (secondary N) is 1. The topological polar surface area (TPSA) is 43.0 Å². The monoisotopic (exact) mass is 270 g/mol. The minimum Gasteiger partial charge on any atom is -0.379 e. The second-order valence-corrected chi connectivity index (χ2v) is 5.93. The average Bonchev–Trinajstić information content (AvgIpc) is 2.88. The van der Waals surface area contributed by atoms with E-state index in [1.54, 1.807) is 0 Å². The molecule has 3 heterocycles. The molecular weight excluding hydrogens is 244 g/mol. The van der Waals surface area contributed by atoms with Gasteiger partial charge in [0, 0.05) is 51.9 Å². The van der Waals surface area contributed by atoms with Gasteiger partial charge in [0.1, 0.15) is 0 Å². The third-order valence-corrected chi connectivity index (χ3v) is 4.52. The van der Waals surface area contributed by atoms with E-state index >= 15 is 0 Å². The molecule has 5 nitrogen and oxygen atoms in total. The van der Waals surface area contributed by atoms with Crippen molar-refractivity contribution in [3.8, 4) is 0 Å². The van der Waals surface area contributed by atoms with Crippen LogP contribution >= 0.6 is 0 Å². The molecule has 3 rings (SSSR count). The van der Waals surface area contributed by atoms with Crippen LogP contribution in [-0.2, 0) is 14.2 Å². The molecular formula is C14H26N2O3. The zero-order chi connectivity index (χ0) is 13.0. The smallest absolute Gasteiger partial charge is 0.0951 e. The molecule has 3 saturated heterocycles. The molecule has 0 saturated carbocycles. The number of ether oxygens (including phenoxy) is 3. The van der Waals surface area contributed by atoms with Crippen LogP contribution in [0.4, 0.5) is 0 Å². The van der Waals surface area contributed by atoms with Crippen LogP contribution in [0.1, 0.15) is 19.3 Å². The van der Waals surface area contributed by atoms with Crippen molar-refractivity contribution in [2.45, 2.75) is 30.9 Å². The lowest BCUT2D eigenvalue weighted by molar-refractivity contribution is -0.0894. The molecule has 19 heavy (non-hydrogen) atoms. The summed E-state index contributed by atoms with van der Waals surface area (Å²) in [6.45, 7) is 8.65. The van der Waals surface area contributed by atoms with Gasteiger partial charge < -0.3 is 19.5 Å². The molecule has 2 atom stereocenters. The minimum absolute atomic E-state index is 0.0227. The van der Waals surface area contributed by atoms with Crippen molar-refractivity contribution in [3.63, 3.8) is 0 Å². The third kappa shape index (κ3) is 3.67. The largest absolute Gasteiger partial charge is 0.379 e. The molecule has 0 bridgehead atoms. The van der Waals surface area contributed by atoms with E-state index in [0.717, 1.165) is 78.5 Å². The first-order chi connectivity index (χ1) is 9.36. The molecule has 5 heteroatoms. The lowest BCUT2D eigenvalue weighted by Crippen LogP contribution is -2.49. The first-order valence-corrected chi connectivity index (χ1v) is 7.62. The molecule has 2 unspecified atom stereocenters. The Labute approximate surface area is 115 Å². The van der Waals surface area contributed by atoms with E-state index in [1.165, 1.54) is 0 Å². The van der Waals surface area contributed by atoms with Crippen LogP contribution in [0.2, 0.25) is 0 Å². The zero-order valence-electron chi connectivity index (χ0n) is 11.7. The van der Waals surface area contributed by atoms with Crippen molar-refractivity contribution < 1.29 is 14.2 Å². The van der Waals surface area contributed by atoms with Crippen LogP contribution in [0.5, 0.6) is 0 Å². The first-order valence-electron chi connectivity index (χ1n) is 7.62. The molecule has 3 aliphatic rings. The number of rotatable bonds is 4. The van der Waals surface area contributed by atoms with Gasteiger partial charge in [-0.3, -0.25) is 4.90 Å². The van der Waals surface area contributed by atoms with Gasteiger partial charge in [0.25, 0.3) is 0 Å². The maximum absolute atomic E-state index is 5.96. The number of hydrogen-bond donors (Lipinski definition) is 1. The molecule has 1 N–H and O–H groups in total. The summed E-state index contributed by atoms with van der Waals surface area (Å²) in [6.07, 6.45) is 3.30. The van der Waals surface area contributed by atoms with Crippen LogP contribution < -0.4 is 5.32 Å². The molecule has 0 radical (unpaired) electrons. The highest BCUT2D eigenvalue weighted by Gasteiger charge is 2.40. The molecule has 3 aliphatic heterocycles. The Bertz CT molecular complexity index is 276. The summed E-state index contributed by atoms with van der Waals surface area (Å²) in [7, 11) is 0. The van der Waals surface area contributed by atoms with Gasteiger partial charge in [-0.05, 0) is 12.8 Å². The predicted octanol–water partition coefficient (Wildman–Crippen LogP) is 0.246. The van der Waals surface area contributed by atoms with Gasteiger partial charge in [0.15, 0.2) is 0 Å². The summed E-state index contributed by atoms with van der Waals surface area (Å²) in [5, 5.41) is 3.70. The highest BCUT2D eigenvalue weighted by molar-refractivity contribution is 4.92. The highest BCUT2D eigenvalue weighted by Crippen LogP contribution is 2.32. The number of hydrogen-bond acceptors (Lipinski definition) is 5. The van der Waals surface area contributed by atoms with Gasteiger partial charge in [-0.2, -0.15) is 0 Å². The van der Waals surface area contributed by atoms with E-state index in [4.69, 9.17) is 14.2 Å². The van der Waals surface area contributed by atoms with Gasteiger partial charge in [-0.25, -0.2) is 0 Å². The van der Waals surface area contributed by atoms with Crippen LogP contribution in [0.15, 0.2) is 0 Å². The predicted molar refractivity (Wildman–Crippen MR) is 72.4 cm³/mol. The van der Waals surface area contributed by atoms with E-state index in [2.05, 4.69) is 10.2 Å². The van der Waals surface area contributed by atoms with Gasteiger partial charge in [0.05, 0.1) is 25.4 Å². The molecule has 0 aliphatic carbocycles. The summed E-state index contributed by atoms with van der Waals surface area (Å²) in [6, 6.07) is 0.594. The maximum Gasteiger partial charge on any atom is 0.0951 e. The molecule has 1 spiro atoms. The van der Waals surface area contributed by atoms with Crippen molar-refractivity contribution >= 4 is 0 Å². The molecule has 0 aromatic heterocycles. The summed E-state index contributed by atoms with van der Waals surface area (Å²) in [4.78, 5) is 2.48. The molecule has 3 fully saturated rings. The fourth-order valence-electron chi connectivity index (χ4n) is 3.32. The van der Waals surface area contributed by atoms with Crippen molar-refractivity contribution in [1.29, 1.82) is 0 Å². The zero-order valence-corrected chi connectivity index (χ0v) is 11.7. The Kier molecular flexibility index (Phi) is 4.71. The van der Waals surface area contributed by atoms with E-state index in [-0.39, 0.29) is 5.60 Å². The Morgan fingerprint density at radius 1 is 1.11 bits per heavy atom. The van der Waals surface area contributed by atoms with Gasteiger partial charge in [-0.1, -0.05) is 0 Å². The Balaban J connectivity index is 1.37. The quantitative estimate of drug-likeness (QED) is 0.793. The number of morpholine rings is 1. The Hall–Kier alpha value is -0.200. The van der Waals surface area contributed by atoms with Gasteiger partial charge in [-0.15, -0.1) is 0 Å². The normalized spacial score (nSPS) is 36.9. The van der Waals surface area contributed by atoms with Gasteiger partial charge >= 0.3 is 0 Å². The van der Waals surface area contributed by atoms with E-state index in [0.29, 0.717) is 6.04 Å². The summed E-state index contributed by atoms with van der Waals surface area (Å²) >= 11 is 0. The van der Waals surface area contributed by atoms with Crippen LogP contribution in [0, 0.1) is 0 Å². The van der Waals surface area contributed by atoms with E-state index < -0.39 is 0 Å². The minimum atomic E-state index is 0.0227. The maximum atomic E-state index is 5.96. The number of nitrogens with zero attached hydrogens (tertiary/aromatic N) is 1. The first kappa shape index (κ1) is 13.8. The van der Waals surface area contributed by atoms with Crippen LogP contribution in [0.3, 0.4) is 0 Å². The van der Waals surface area contributed by atoms with E-state index in [9.17, 15) is 0 Å². The third-order valence-electron chi connectivity index (χ3n) is 4.52. The summed E-state index contributed by atoms with van der Waals surface area (Å²) < 4.78 is 16.8. The Morgan fingerprint density at radius 2 is 2.00 bits per heavy atom. The standard InChI is InChI=1S/C14H26N2O3/c1-7-19-14(2-8-18-12-14)11-13(1)15-3-4-16-5-9-17-10-6-16/h13,15H,1-12H2. The van der Waals surface area contributed by atoms with Crippen molar-refractivity contribution in [1.82, 2.24) is 10.2 Å². The molecule has 110 valence electrons. The van der Waals surface area contributed by atoms with Crippen molar-refractivity contribution in [2.24, 2.45) is 0 Å². The Morgan fingerprint density at radius 3 is 2.79 bits per heavy atom. The fraction of sp³-hybridized carbons (Fsp3) is 1.00. The van der Waals surface area contributed by atoms with Crippen LogP contribution in [-0.4, -0.2) is 75.8 Å². The molecule has 0 aromatic carbocycles. The molecule has 0 aromatic rings. The summed E-state index contributed by atoms with van der Waals surface area (Å²) in [5.41, 5.74) is 0.0227. The fourth-order valence-corrected chi connectivity index (χ4v) is 3.32. The molecule has 0 amide bonds. The summed E-state index contributed by atoms with van der Waals surface area (Å²) in [5.74, 6) is 0. The average molecular weight is 270 g/mol.